The van der Waals surface area contributed by atoms with E-state index in [4.69, 9.17) is 0 Å². The molecule has 7 heteroatoms. The van der Waals surface area contributed by atoms with Crippen LogP contribution in [0.1, 0.15) is 34.9 Å². The van der Waals surface area contributed by atoms with Crippen molar-refractivity contribution in [3.05, 3.63) is 29.7 Å². The van der Waals surface area contributed by atoms with Gasteiger partial charge in [-0.05, 0) is 25.0 Å². The number of fused-ring (bicyclic) bond motifs is 1. The minimum Gasteiger partial charge on any atom is -0.298 e. The molecule has 1 saturated heterocycles. The number of hydrogen-bond acceptors (Lipinski definition) is 5. The Bertz CT molecular complexity index is 722. The van der Waals surface area contributed by atoms with E-state index >= 15 is 0 Å². The molecule has 0 aromatic carbocycles. The maximum Gasteiger partial charge on any atom is 0.166 e. The second kappa shape index (κ2) is 4.41. The molecule has 0 N–H and O–H groups in total. The van der Waals surface area contributed by atoms with Crippen molar-refractivity contribution in [2.24, 2.45) is 0 Å². The van der Waals surface area contributed by atoms with Crippen LogP contribution in [-0.4, -0.2) is 40.8 Å². The Hall–Kier alpha value is -1.76. The smallest absolute Gasteiger partial charge is 0.166 e. The average Bonchev–Trinajstić information content (AvgIpc) is 2.82. The van der Waals surface area contributed by atoms with Crippen LogP contribution in [0.25, 0.3) is 5.65 Å². The lowest BCUT2D eigenvalue weighted by atomic mass is 10.0. The maximum absolute atomic E-state index is 11.4. The molecule has 0 saturated carbocycles. The van der Waals surface area contributed by atoms with Gasteiger partial charge < -0.3 is 0 Å². The SMILES string of the molecule is O=Cc1cccn2nc(C3CCS(=O)(=O)CC3)nc12. The van der Waals surface area contributed by atoms with E-state index in [0.29, 0.717) is 29.9 Å². The van der Waals surface area contributed by atoms with Crippen LogP contribution in [0.15, 0.2) is 18.3 Å². The van der Waals surface area contributed by atoms with Crippen molar-refractivity contribution < 1.29 is 13.2 Å². The monoisotopic (exact) mass is 279 g/mol. The molecule has 2 aromatic rings. The van der Waals surface area contributed by atoms with Crippen LogP contribution in [0.5, 0.6) is 0 Å². The summed E-state index contributed by atoms with van der Waals surface area (Å²) < 4.78 is 24.4. The van der Waals surface area contributed by atoms with Gasteiger partial charge in [0.1, 0.15) is 9.84 Å². The standard InChI is InChI=1S/C12H13N3O3S/c16-8-10-2-1-5-15-12(10)13-11(14-15)9-3-6-19(17,18)7-4-9/h1-2,5,8-9H,3-4,6-7H2. The minimum absolute atomic E-state index is 0.0583. The number of rotatable bonds is 2. The molecule has 0 aliphatic carbocycles. The lowest BCUT2D eigenvalue weighted by Crippen LogP contribution is -2.22. The Balaban J connectivity index is 1.96. The van der Waals surface area contributed by atoms with Crippen LogP contribution in [0.2, 0.25) is 0 Å². The average molecular weight is 279 g/mol. The van der Waals surface area contributed by atoms with Crippen molar-refractivity contribution >= 4 is 21.8 Å². The van der Waals surface area contributed by atoms with Crippen LogP contribution in [0.3, 0.4) is 0 Å². The lowest BCUT2D eigenvalue weighted by Gasteiger charge is -2.18. The molecule has 0 spiro atoms. The van der Waals surface area contributed by atoms with Gasteiger partial charge in [0.15, 0.2) is 17.8 Å². The Morgan fingerprint density at radius 3 is 2.74 bits per heavy atom. The van der Waals surface area contributed by atoms with Gasteiger partial charge in [-0.25, -0.2) is 17.9 Å². The predicted molar refractivity (Wildman–Crippen MR) is 69.0 cm³/mol. The largest absolute Gasteiger partial charge is 0.298 e. The van der Waals surface area contributed by atoms with Crippen LogP contribution in [0.4, 0.5) is 0 Å². The molecule has 1 aliphatic rings. The zero-order valence-corrected chi connectivity index (χ0v) is 11.0. The third kappa shape index (κ3) is 2.25. The molecule has 1 aliphatic heterocycles. The summed E-state index contributed by atoms with van der Waals surface area (Å²) in [5, 5.41) is 4.34. The maximum atomic E-state index is 11.4. The quantitative estimate of drug-likeness (QED) is 0.761. The van der Waals surface area contributed by atoms with Crippen molar-refractivity contribution in [3.63, 3.8) is 0 Å². The van der Waals surface area contributed by atoms with E-state index < -0.39 is 9.84 Å². The normalized spacial score (nSPS) is 19.6. The third-order valence-corrected chi connectivity index (χ3v) is 5.17. The number of sulfone groups is 1. The number of pyridine rings is 1. The van der Waals surface area contributed by atoms with Crippen molar-refractivity contribution in [2.75, 3.05) is 11.5 Å². The van der Waals surface area contributed by atoms with Gasteiger partial charge in [-0.3, -0.25) is 4.79 Å². The van der Waals surface area contributed by atoms with E-state index in [1.807, 2.05) is 0 Å². The molecule has 0 atom stereocenters. The first-order valence-electron chi connectivity index (χ1n) is 6.10. The van der Waals surface area contributed by atoms with Gasteiger partial charge in [-0.2, -0.15) is 5.10 Å². The fourth-order valence-corrected chi connectivity index (χ4v) is 3.85. The fourth-order valence-electron chi connectivity index (χ4n) is 2.36. The molecule has 3 rings (SSSR count). The van der Waals surface area contributed by atoms with Crippen molar-refractivity contribution in [3.8, 4) is 0 Å². The molecule has 3 heterocycles. The summed E-state index contributed by atoms with van der Waals surface area (Å²) in [5.41, 5.74) is 1.02. The van der Waals surface area contributed by atoms with Crippen LogP contribution in [-0.2, 0) is 9.84 Å². The highest BCUT2D eigenvalue weighted by atomic mass is 32.2. The molecule has 100 valence electrons. The summed E-state index contributed by atoms with van der Waals surface area (Å²) in [4.78, 5) is 15.3. The van der Waals surface area contributed by atoms with E-state index in [-0.39, 0.29) is 17.4 Å². The van der Waals surface area contributed by atoms with Crippen LogP contribution >= 0.6 is 0 Å². The van der Waals surface area contributed by atoms with Crippen LogP contribution in [0, 0.1) is 0 Å². The molecule has 6 nitrogen and oxygen atoms in total. The second-order valence-electron chi connectivity index (χ2n) is 4.75. The second-order valence-corrected chi connectivity index (χ2v) is 7.05. The zero-order chi connectivity index (χ0) is 13.5. The van der Waals surface area contributed by atoms with Gasteiger partial charge in [0, 0.05) is 12.1 Å². The third-order valence-electron chi connectivity index (χ3n) is 3.46. The molecular formula is C12H13N3O3S. The molecule has 0 unspecified atom stereocenters. The number of aromatic nitrogens is 3. The molecular weight excluding hydrogens is 266 g/mol. The Morgan fingerprint density at radius 1 is 1.32 bits per heavy atom. The van der Waals surface area contributed by atoms with E-state index in [1.54, 1.807) is 22.8 Å². The van der Waals surface area contributed by atoms with Gasteiger partial charge in [-0.15, -0.1) is 0 Å². The summed E-state index contributed by atoms with van der Waals surface area (Å²) in [7, 11) is -2.89. The first-order chi connectivity index (χ1) is 9.09. The molecule has 1 fully saturated rings. The van der Waals surface area contributed by atoms with E-state index in [9.17, 15) is 13.2 Å². The molecule has 0 bridgehead atoms. The van der Waals surface area contributed by atoms with Gasteiger partial charge in [0.05, 0.1) is 17.1 Å². The number of carbonyl (C=O) groups excluding carboxylic acids is 1. The highest BCUT2D eigenvalue weighted by molar-refractivity contribution is 7.91. The summed E-state index contributed by atoms with van der Waals surface area (Å²) in [6.07, 6.45) is 3.59. The van der Waals surface area contributed by atoms with Crippen molar-refractivity contribution in [2.45, 2.75) is 18.8 Å². The van der Waals surface area contributed by atoms with Gasteiger partial charge >= 0.3 is 0 Å². The highest BCUT2D eigenvalue weighted by Crippen LogP contribution is 2.27. The number of aldehydes is 1. The summed E-state index contributed by atoms with van der Waals surface area (Å²) in [6.45, 7) is 0. The minimum atomic E-state index is -2.89. The van der Waals surface area contributed by atoms with Crippen molar-refractivity contribution in [1.29, 1.82) is 0 Å². The molecule has 19 heavy (non-hydrogen) atoms. The van der Waals surface area contributed by atoms with Gasteiger partial charge in [-0.1, -0.05) is 0 Å². The number of nitrogens with zero attached hydrogens (tertiary/aromatic N) is 3. The predicted octanol–water partition coefficient (Wildman–Crippen LogP) is 0.834. The summed E-state index contributed by atoms with van der Waals surface area (Å²) in [5.74, 6) is 1.06. The lowest BCUT2D eigenvalue weighted by molar-refractivity contribution is 0.112. The number of hydrogen-bond donors (Lipinski definition) is 0. The highest BCUT2D eigenvalue weighted by Gasteiger charge is 2.27. The van der Waals surface area contributed by atoms with Crippen LogP contribution < -0.4 is 0 Å². The molecule has 2 aromatic heterocycles. The van der Waals surface area contributed by atoms with Crippen molar-refractivity contribution in [1.82, 2.24) is 14.6 Å². The Kier molecular flexibility index (Phi) is 2.85. The summed E-state index contributed by atoms with van der Waals surface area (Å²) in [6, 6.07) is 3.42. The van der Waals surface area contributed by atoms with E-state index in [2.05, 4.69) is 10.1 Å². The Labute approximate surface area is 110 Å². The summed E-state index contributed by atoms with van der Waals surface area (Å²) >= 11 is 0. The van der Waals surface area contributed by atoms with E-state index in [1.165, 1.54) is 0 Å². The molecule has 0 radical (unpaired) electrons. The van der Waals surface area contributed by atoms with Gasteiger partial charge in [0.25, 0.3) is 0 Å². The number of carbonyl (C=O) groups is 1. The fraction of sp³-hybridized carbons (Fsp3) is 0.417. The van der Waals surface area contributed by atoms with E-state index in [0.717, 1.165) is 6.29 Å². The van der Waals surface area contributed by atoms with Gasteiger partial charge in [0.2, 0.25) is 0 Å². The Morgan fingerprint density at radius 2 is 2.05 bits per heavy atom. The first-order valence-corrected chi connectivity index (χ1v) is 7.92. The molecule has 0 amide bonds. The first kappa shape index (κ1) is 12.3. The zero-order valence-electron chi connectivity index (χ0n) is 10.2. The topological polar surface area (TPSA) is 81.4 Å².